The van der Waals surface area contributed by atoms with Crippen LogP contribution in [-0.2, 0) is 24.2 Å². The van der Waals surface area contributed by atoms with Crippen LogP contribution in [0.4, 0.5) is 5.69 Å². The van der Waals surface area contributed by atoms with E-state index in [0.717, 1.165) is 5.69 Å². The maximum Gasteiger partial charge on any atom is 0.344 e. The van der Waals surface area contributed by atoms with Gasteiger partial charge in [-0.05, 0) is 30.7 Å². The van der Waals surface area contributed by atoms with Gasteiger partial charge in [-0.1, -0.05) is 20.8 Å². The molecule has 1 fully saturated rings. The van der Waals surface area contributed by atoms with Gasteiger partial charge in [-0.15, -0.1) is 0 Å². The van der Waals surface area contributed by atoms with Gasteiger partial charge >= 0.3 is 5.97 Å². The van der Waals surface area contributed by atoms with Crippen LogP contribution in [0.1, 0.15) is 27.2 Å². The van der Waals surface area contributed by atoms with E-state index in [2.05, 4.69) is 0 Å². The Morgan fingerprint density at radius 3 is 2.31 bits per heavy atom. The number of carbonyl (C=O) groups excluding carboxylic acids is 2. The molecule has 8 heteroatoms. The van der Waals surface area contributed by atoms with E-state index in [-0.39, 0.29) is 24.0 Å². The van der Waals surface area contributed by atoms with Gasteiger partial charge in [-0.2, -0.15) is 0 Å². The van der Waals surface area contributed by atoms with Crippen LogP contribution < -0.4 is 9.64 Å². The number of hydrogen-bond donors (Lipinski definition) is 0. The number of sulfone groups is 1. The summed E-state index contributed by atoms with van der Waals surface area (Å²) in [7, 11) is -1.38. The van der Waals surface area contributed by atoms with Crippen LogP contribution in [0.3, 0.4) is 0 Å². The van der Waals surface area contributed by atoms with Crippen molar-refractivity contribution >= 4 is 27.4 Å². The van der Waals surface area contributed by atoms with Crippen LogP contribution in [0.5, 0.6) is 5.75 Å². The summed E-state index contributed by atoms with van der Waals surface area (Å²) in [6.07, 6.45) is -0.257. The fourth-order valence-corrected chi connectivity index (χ4v) is 4.19. The molecule has 1 heterocycles. The summed E-state index contributed by atoms with van der Waals surface area (Å²) >= 11 is 0. The highest BCUT2D eigenvalue weighted by atomic mass is 32.2. The topological polar surface area (TPSA) is 90.0 Å². The van der Waals surface area contributed by atoms with Crippen molar-refractivity contribution in [3.8, 4) is 5.75 Å². The smallest absolute Gasteiger partial charge is 0.344 e. The number of amides is 1. The summed E-state index contributed by atoms with van der Waals surface area (Å²) in [5, 5.41) is 0. The second-order valence-electron chi connectivity index (χ2n) is 7.41. The first-order chi connectivity index (χ1) is 12.0. The van der Waals surface area contributed by atoms with Crippen LogP contribution in [0.2, 0.25) is 0 Å². The summed E-state index contributed by atoms with van der Waals surface area (Å²) in [4.78, 5) is 25.6. The van der Waals surface area contributed by atoms with E-state index in [4.69, 9.17) is 9.47 Å². The predicted molar refractivity (Wildman–Crippen MR) is 98.0 cm³/mol. The lowest BCUT2D eigenvalue weighted by Crippen LogP contribution is -2.36. The summed E-state index contributed by atoms with van der Waals surface area (Å²) in [5.74, 6) is -0.228. The van der Waals surface area contributed by atoms with Crippen molar-refractivity contribution in [2.24, 2.45) is 5.41 Å². The van der Waals surface area contributed by atoms with E-state index in [9.17, 15) is 18.0 Å². The van der Waals surface area contributed by atoms with Gasteiger partial charge in [0.15, 0.2) is 16.4 Å². The third-order valence-corrected chi connectivity index (χ3v) is 5.75. The van der Waals surface area contributed by atoms with Crippen molar-refractivity contribution in [3.05, 3.63) is 24.3 Å². The highest BCUT2D eigenvalue weighted by Gasteiger charge is 2.30. The number of esters is 1. The number of ether oxygens (including phenoxy) is 2. The monoisotopic (exact) mass is 383 g/mol. The van der Waals surface area contributed by atoms with Crippen LogP contribution >= 0.6 is 0 Å². The van der Waals surface area contributed by atoms with Gasteiger partial charge in [-0.3, -0.25) is 4.79 Å². The number of benzene rings is 1. The zero-order chi connectivity index (χ0) is 19.5. The van der Waals surface area contributed by atoms with E-state index in [1.165, 1.54) is 0 Å². The molecule has 1 atom stereocenters. The van der Waals surface area contributed by atoms with Gasteiger partial charge in [0.2, 0.25) is 5.91 Å². The standard InChI is InChI=1S/C18H25NO6S/c1-18(2,3)17(21)19(4)13-5-7-14(8-6-13)24-11-16(20)25-15-9-10-26(22,23)12-15/h5-8,15H,9-12H2,1-4H3. The average Bonchev–Trinajstić information content (AvgIpc) is 2.89. The van der Waals surface area contributed by atoms with Gasteiger partial charge in [0.1, 0.15) is 11.9 Å². The molecule has 26 heavy (non-hydrogen) atoms. The Morgan fingerprint density at radius 1 is 1.19 bits per heavy atom. The zero-order valence-corrected chi connectivity index (χ0v) is 16.3. The van der Waals surface area contributed by atoms with Gasteiger partial charge in [0.05, 0.1) is 11.5 Å². The number of hydrogen-bond acceptors (Lipinski definition) is 6. The van der Waals surface area contributed by atoms with E-state index < -0.39 is 27.3 Å². The lowest BCUT2D eigenvalue weighted by atomic mass is 9.95. The minimum Gasteiger partial charge on any atom is -0.482 e. The fourth-order valence-electron chi connectivity index (χ4n) is 2.60. The van der Waals surface area contributed by atoms with Crippen LogP contribution in [-0.4, -0.2) is 51.6 Å². The Bertz CT molecular complexity index is 764. The normalized spacial score (nSPS) is 19.0. The Balaban J connectivity index is 1.85. The maximum atomic E-state index is 12.3. The molecule has 1 amide bonds. The van der Waals surface area contributed by atoms with E-state index in [1.54, 1.807) is 36.2 Å². The molecular formula is C18H25NO6S. The van der Waals surface area contributed by atoms with E-state index >= 15 is 0 Å². The molecule has 0 spiro atoms. The second-order valence-corrected chi connectivity index (χ2v) is 9.64. The van der Waals surface area contributed by atoms with Gasteiger partial charge in [0, 0.05) is 18.2 Å². The molecule has 2 rings (SSSR count). The Morgan fingerprint density at radius 2 is 1.81 bits per heavy atom. The molecule has 1 unspecified atom stereocenters. The first-order valence-electron chi connectivity index (χ1n) is 8.39. The highest BCUT2D eigenvalue weighted by molar-refractivity contribution is 7.91. The predicted octanol–water partition coefficient (Wildman–Crippen LogP) is 1.80. The molecule has 1 aromatic rings. The molecule has 7 nitrogen and oxygen atoms in total. The minimum atomic E-state index is -3.09. The second kappa shape index (κ2) is 7.65. The number of carbonyl (C=O) groups is 2. The molecule has 0 radical (unpaired) electrons. The van der Waals surface area contributed by atoms with Crippen LogP contribution in [0, 0.1) is 5.41 Å². The molecule has 0 N–H and O–H groups in total. The number of anilines is 1. The minimum absolute atomic E-state index is 0.0127. The summed E-state index contributed by atoms with van der Waals surface area (Å²) < 4.78 is 33.2. The molecule has 144 valence electrons. The SMILES string of the molecule is CN(C(=O)C(C)(C)C)c1ccc(OCC(=O)OC2CCS(=O)(=O)C2)cc1. The molecule has 0 saturated carbocycles. The Kier molecular flexibility index (Phi) is 5.95. The summed E-state index contributed by atoms with van der Waals surface area (Å²) in [5.41, 5.74) is 0.234. The van der Waals surface area contributed by atoms with Crippen molar-refractivity contribution in [1.82, 2.24) is 0 Å². The van der Waals surface area contributed by atoms with Crippen molar-refractivity contribution < 1.29 is 27.5 Å². The lowest BCUT2D eigenvalue weighted by Gasteiger charge is -2.26. The third-order valence-electron chi connectivity index (χ3n) is 4.02. The zero-order valence-electron chi connectivity index (χ0n) is 15.5. The maximum absolute atomic E-state index is 12.3. The molecule has 1 aliphatic heterocycles. The van der Waals surface area contributed by atoms with Crippen LogP contribution in [0.25, 0.3) is 0 Å². The van der Waals surface area contributed by atoms with Gasteiger partial charge in [-0.25, -0.2) is 13.2 Å². The van der Waals surface area contributed by atoms with Crippen molar-refractivity contribution in [3.63, 3.8) is 0 Å². The largest absolute Gasteiger partial charge is 0.482 e. The van der Waals surface area contributed by atoms with E-state index in [0.29, 0.717) is 12.2 Å². The molecule has 1 saturated heterocycles. The van der Waals surface area contributed by atoms with Crippen molar-refractivity contribution in [2.45, 2.75) is 33.3 Å². The quantitative estimate of drug-likeness (QED) is 0.720. The van der Waals surface area contributed by atoms with Crippen LogP contribution in [0.15, 0.2) is 24.3 Å². The number of nitrogens with zero attached hydrogens (tertiary/aromatic N) is 1. The van der Waals surface area contributed by atoms with Gasteiger partial charge in [0.25, 0.3) is 0 Å². The lowest BCUT2D eigenvalue weighted by molar-refractivity contribution is -0.150. The van der Waals surface area contributed by atoms with Crippen molar-refractivity contribution in [2.75, 3.05) is 30.1 Å². The fraction of sp³-hybridized carbons (Fsp3) is 0.556. The average molecular weight is 383 g/mol. The van der Waals surface area contributed by atoms with Gasteiger partial charge < -0.3 is 14.4 Å². The van der Waals surface area contributed by atoms with Crippen molar-refractivity contribution in [1.29, 1.82) is 0 Å². The molecule has 0 aromatic heterocycles. The third kappa shape index (κ3) is 5.45. The Labute approximate surface area is 154 Å². The molecule has 0 bridgehead atoms. The highest BCUT2D eigenvalue weighted by Crippen LogP contribution is 2.24. The first kappa shape index (κ1) is 20.2. The molecule has 0 aliphatic carbocycles. The first-order valence-corrected chi connectivity index (χ1v) is 10.2. The molecule has 1 aliphatic rings. The Hall–Kier alpha value is -2.09. The number of rotatable bonds is 5. The summed E-state index contributed by atoms with van der Waals surface area (Å²) in [6, 6.07) is 6.78. The molecular weight excluding hydrogens is 358 g/mol. The molecule has 1 aromatic carbocycles. The summed E-state index contributed by atoms with van der Waals surface area (Å²) in [6.45, 7) is 5.26. The van der Waals surface area contributed by atoms with E-state index in [1.807, 2.05) is 20.8 Å².